The normalized spacial score (nSPS) is 20.8. The number of carboxylic acids is 1. The first-order chi connectivity index (χ1) is 8.00. The molecule has 1 saturated heterocycles. The zero-order chi connectivity index (χ0) is 12.5. The summed E-state index contributed by atoms with van der Waals surface area (Å²) in [5.41, 5.74) is -0.302. The van der Waals surface area contributed by atoms with Crippen molar-refractivity contribution in [2.75, 3.05) is 19.7 Å². The van der Waals surface area contributed by atoms with Crippen LogP contribution in [0.3, 0.4) is 0 Å². The molecule has 17 heavy (non-hydrogen) atoms. The molecule has 5 heteroatoms. The molecule has 2 rings (SSSR count). The molecule has 1 unspecified atom stereocenters. The molecule has 4 nitrogen and oxygen atoms in total. The van der Waals surface area contributed by atoms with Crippen LogP contribution in [0.4, 0.5) is 0 Å². The Morgan fingerprint density at radius 3 is 2.94 bits per heavy atom. The van der Waals surface area contributed by atoms with Crippen LogP contribution in [0.15, 0.2) is 17.5 Å². The van der Waals surface area contributed by atoms with Gasteiger partial charge in [0.1, 0.15) is 6.61 Å². The van der Waals surface area contributed by atoms with Gasteiger partial charge in [-0.05, 0) is 25.3 Å². The first-order valence-electron chi connectivity index (χ1n) is 5.63. The summed E-state index contributed by atoms with van der Waals surface area (Å²) in [6.45, 7) is 5.51. The van der Waals surface area contributed by atoms with E-state index in [9.17, 15) is 4.79 Å². The molecule has 0 radical (unpaired) electrons. The maximum absolute atomic E-state index is 10.5. The Kier molecular flexibility index (Phi) is 3.51. The van der Waals surface area contributed by atoms with Gasteiger partial charge in [-0.1, -0.05) is 6.07 Å². The van der Waals surface area contributed by atoms with E-state index < -0.39 is 5.97 Å². The molecule has 0 aliphatic carbocycles. The fraction of sp³-hybridized carbons (Fsp3) is 0.583. The first-order valence-corrected chi connectivity index (χ1v) is 6.51. The van der Waals surface area contributed by atoms with Crippen molar-refractivity contribution in [3.63, 3.8) is 0 Å². The molecule has 0 saturated carbocycles. The van der Waals surface area contributed by atoms with Gasteiger partial charge in [-0.2, -0.15) is 0 Å². The summed E-state index contributed by atoms with van der Waals surface area (Å²) in [7, 11) is 0. The minimum atomic E-state index is -0.906. The third-order valence-electron chi connectivity index (χ3n) is 3.12. The fourth-order valence-electron chi connectivity index (χ4n) is 2.12. The van der Waals surface area contributed by atoms with Gasteiger partial charge >= 0.3 is 5.97 Å². The lowest BCUT2D eigenvalue weighted by molar-refractivity contribution is -0.169. The summed E-state index contributed by atoms with van der Waals surface area (Å²) >= 11 is 1.75. The molecule has 2 heterocycles. The van der Waals surface area contributed by atoms with Crippen LogP contribution in [0.1, 0.15) is 24.8 Å². The monoisotopic (exact) mass is 255 g/mol. The quantitative estimate of drug-likeness (QED) is 0.874. The van der Waals surface area contributed by atoms with Crippen molar-refractivity contribution in [3.8, 4) is 0 Å². The third kappa shape index (κ3) is 2.86. The molecule has 1 atom stereocenters. The number of hydrogen-bond acceptors (Lipinski definition) is 4. The molecule has 0 spiro atoms. The molecular formula is C12H17NO3S. The van der Waals surface area contributed by atoms with E-state index >= 15 is 0 Å². The van der Waals surface area contributed by atoms with Gasteiger partial charge in [-0.25, -0.2) is 4.79 Å². The van der Waals surface area contributed by atoms with Crippen molar-refractivity contribution in [2.45, 2.75) is 25.5 Å². The lowest BCUT2D eigenvalue weighted by Gasteiger charge is -2.49. The summed E-state index contributed by atoms with van der Waals surface area (Å²) in [5, 5.41) is 10.7. The second kappa shape index (κ2) is 4.76. The zero-order valence-corrected chi connectivity index (χ0v) is 10.9. The minimum absolute atomic E-state index is 0.211. The number of carbonyl (C=O) groups is 1. The van der Waals surface area contributed by atoms with Crippen LogP contribution in [-0.2, 0) is 9.53 Å². The topological polar surface area (TPSA) is 49.8 Å². The van der Waals surface area contributed by atoms with Crippen molar-refractivity contribution in [1.82, 2.24) is 4.90 Å². The van der Waals surface area contributed by atoms with Crippen molar-refractivity contribution >= 4 is 17.3 Å². The highest BCUT2D eigenvalue weighted by Crippen LogP contribution is 2.34. The van der Waals surface area contributed by atoms with Gasteiger partial charge in [0.2, 0.25) is 0 Å². The van der Waals surface area contributed by atoms with Gasteiger partial charge in [-0.3, -0.25) is 4.90 Å². The van der Waals surface area contributed by atoms with E-state index in [1.165, 1.54) is 4.88 Å². The summed E-state index contributed by atoms with van der Waals surface area (Å²) in [5.74, 6) is -0.906. The third-order valence-corrected chi connectivity index (χ3v) is 4.16. The van der Waals surface area contributed by atoms with Crippen LogP contribution < -0.4 is 0 Å². The fourth-order valence-corrected chi connectivity index (χ4v) is 2.94. The molecule has 1 aromatic heterocycles. The number of rotatable bonds is 5. The van der Waals surface area contributed by atoms with Gasteiger partial charge in [0.05, 0.1) is 5.60 Å². The highest BCUT2D eigenvalue weighted by molar-refractivity contribution is 7.10. The Hall–Kier alpha value is -0.910. The van der Waals surface area contributed by atoms with E-state index in [0.717, 1.165) is 13.1 Å². The van der Waals surface area contributed by atoms with Crippen LogP contribution in [0.5, 0.6) is 0 Å². The number of nitrogens with zero attached hydrogens (tertiary/aromatic N) is 1. The Labute approximate surface area is 105 Å². The van der Waals surface area contributed by atoms with Crippen molar-refractivity contribution in [1.29, 1.82) is 0 Å². The molecule has 0 aromatic carbocycles. The molecule has 1 N–H and O–H groups in total. The molecule has 1 fully saturated rings. The minimum Gasteiger partial charge on any atom is -0.480 e. The van der Waals surface area contributed by atoms with E-state index in [-0.39, 0.29) is 12.2 Å². The molecule has 94 valence electrons. The number of thiophene rings is 1. The SMILES string of the molecule is CC(c1cccs1)N1CC(C)(OCC(=O)O)C1. The van der Waals surface area contributed by atoms with Crippen LogP contribution in [0.2, 0.25) is 0 Å². The van der Waals surface area contributed by atoms with E-state index in [2.05, 4.69) is 29.3 Å². The van der Waals surface area contributed by atoms with Gasteiger partial charge in [0.25, 0.3) is 0 Å². The molecule has 0 bridgehead atoms. The maximum Gasteiger partial charge on any atom is 0.329 e. The van der Waals surface area contributed by atoms with Crippen molar-refractivity contribution in [2.24, 2.45) is 0 Å². The van der Waals surface area contributed by atoms with Crippen molar-refractivity contribution in [3.05, 3.63) is 22.4 Å². The van der Waals surface area contributed by atoms with Gasteiger partial charge < -0.3 is 9.84 Å². The van der Waals surface area contributed by atoms with Crippen LogP contribution in [-0.4, -0.2) is 41.3 Å². The lowest BCUT2D eigenvalue weighted by Crippen LogP contribution is -2.62. The Balaban J connectivity index is 1.83. The average molecular weight is 255 g/mol. The lowest BCUT2D eigenvalue weighted by atomic mass is 9.94. The van der Waals surface area contributed by atoms with Crippen molar-refractivity contribution < 1.29 is 14.6 Å². The van der Waals surface area contributed by atoms with E-state index in [1.807, 2.05) is 6.92 Å². The average Bonchev–Trinajstić information content (AvgIpc) is 2.74. The van der Waals surface area contributed by atoms with Gasteiger partial charge in [0.15, 0.2) is 0 Å². The highest BCUT2D eigenvalue weighted by atomic mass is 32.1. The Morgan fingerprint density at radius 1 is 1.71 bits per heavy atom. The number of aliphatic carboxylic acids is 1. The van der Waals surface area contributed by atoms with Gasteiger partial charge in [0, 0.05) is 24.0 Å². The molecule has 1 aliphatic heterocycles. The highest BCUT2D eigenvalue weighted by Gasteiger charge is 2.42. The molecular weight excluding hydrogens is 238 g/mol. The Morgan fingerprint density at radius 2 is 2.41 bits per heavy atom. The first kappa shape index (κ1) is 12.5. The summed E-state index contributed by atoms with van der Waals surface area (Å²) < 4.78 is 5.39. The standard InChI is InChI=1S/C12H17NO3S/c1-9(10-4-3-5-17-10)13-7-12(2,8-13)16-6-11(14)15/h3-5,9H,6-8H2,1-2H3,(H,14,15). The number of ether oxygens (including phenoxy) is 1. The molecule has 1 aromatic rings. The largest absolute Gasteiger partial charge is 0.480 e. The Bertz CT molecular complexity index is 384. The second-order valence-electron chi connectivity index (χ2n) is 4.73. The van der Waals surface area contributed by atoms with E-state index in [4.69, 9.17) is 9.84 Å². The van der Waals surface area contributed by atoms with Crippen LogP contribution in [0.25, 0.3) is 0 Å². The predicted molar refractivity (Wildman–Crippen MR) is 66.3 cm³/mol. The van der Waals surface area contributed by atoms with E-state index in [1.54, 1.807) is 11.3 Å². The molecule has 1 aliphatic rings. The van der Waals surface area contributed by atoms with Gasteiger partial charge in [-0.15, -0.1) is 11.3 Å². The summed E-state index contributed by atoms with van der Waals surface area (Å²) in [4.78, 5) is 14.1. The van der Waals surface area contributed by atoms with Crippen LogP contribution >= 0.6 is 11.3 Å². The summed E-state index contributed by atoms with van der Waals surface area (Å²) in [6.07, 6.45) is 0. The number of hydrogen-bond donors (Lipinski definition) is 1. The zero-order valence-electron chi connectivity index (χ0n) is 10.0. The van der Waals surface area contributed by atoms with Crippen LogP contribution in [0, 0.1) is 0 Å². The van der Waals surface area contributed by atoms with E-state index in [0.29, 0.717) is 6.04 Å². The predicted octanol–water partition coefficient (Wildman–Crippen LogP) is 1.98. The smallest absolute Gasteiger partial charge is 0.329 e. The summed E-state index contributed by atoms with van der Waals surface area (Å²) in [6, 6.07) is 4.57. The number of likely N-dealkylation sites (tertiary alicyclic amines) is 1. The second-order valence-corrected chi connectivity index (χ2v) is 5.71. The number of carboxylic acid groups (broad SMARTS) is 1. The maximum atomic E-state index is 10.5. The molecule has 0 amide bonds.